The van der Waals surface area contributed by atoms with Crippen molar-refractivity contribution in [3.05, 3.63) is 113 Å². The molecule has 1 saturated heterocycles. The molecular formula is C24H18N2O3. The number of imide groups is 1. The predicted octanol–water partition coefficient (Wildman–Crippen LogP) is 2.56. The molecule has 29 heavy (non-hydrogen) atoms. The van der Waals surface area contributed by atoms with Crippen molar-refractivity contribution in [1.29, 1.82) is 0 Å². The number of quaternary nitrogens is 1. The number of hydrogen-bond acceptors (Lipinski definition) is 3. The van der Waals surface area contributed by atoms with Gasteiger partial charge in [0.2, 0.25) is 0 Å². The summed E-state index contributed by atoms with van der Waals surface area (Å²) in [5, 5.41) is 13.6. The summed E-state index contributed by atoms with van der Waals surface area (Å²) in [7, 11) is 0. The van der Waals surface area contributed by atoms with E-state index in [0.29, 0.717) is 0 Å². The molecule has 1 aliphatic carbocycles. The standard InChI is InChI=1S/C24H18N2O3/c27-22-21(26(29)23(28)25-22)14-15-24(16-8-2-1-3-9-16)19-12-6-4-10-17(19)18-11-5-7-13-20(18)24/h1-15,21,26H,(H,25,27,28). The summed E-state index contributed by atoms with van der Waals surface area (Å²) in [5.41, 5.74) is 4.79. The van der Waals surface area contributed by atoms with Crippen LogP contribution in [0.4, 0.5) is 4.79 Å². The molecule has 3 aromatic carbocycles. The lowest BCUT2D eigenvalue weighted by Gasteiger charge is -2.30. The van der Waals surface area contributed by atoms with Crippen LogP contribution in [0.25, 0.3) is 11.1 Å². The molecule has 5 nitrogen and oxygen atoms in total. The van der Waals surface area contributed by atoms with Crippen molar-refractivity contribution >= 4 is 11.9 Å². The number of nitrogens with one attached hydrogen (secondary N) is 2. The number of hydrogen-bond donors (Lipinski definition) is 2. The van der Waals surface area contributed by atoms with Gasteiger partial charge in [0, 0.05) is 0 Å². The Kier molecular flexibility index (Phi) is 3.94. The Labute approximate surface area is 167 Å². The van der Waals surface area contributed by atoms with E-state index in [2.05, 4.69) is 29.6 Å². The molecule has 5 heteroatoms. The topological polar surface area (TPSA) is 73.7 Å². The van der Waals surface area contributed by atoms with Crippen LogP contribution in [0.5, 0.6) is 0 Å². The fraction of sp³-hybridized carbons (Fsp3) is 0.0833. The van der Waals surface area contributed by atoms with Gasteiger partial charge in [-0.3, -0.25) is 9.86 Å². The number of carbonyl (C=O) groups excluding carboxylic acids is 2. The van der Waals surface area contributed by atoms with E-state index in [1.807, 2.05) is 60.7 Å². The summed E-state index contributed by atoms with van der Waals surface area (Å²) >= 11 is 0. The molecule has 0 saturated carbocycles. The lowest BCUT2D eigenvalue weighted by atomic mass is 9.72. The number of benzene rings is 3. The van der Waals surface area contributed by atoms with Crippen LogP contribution >= 0.6 is 0 Å². The second kappa shape index (κ2) is 6.51. The highest BCUT2D eigenvalue weighted by atomic mass is 16.5. The number of carbonyl (C=O) groups is 2. The first-order chi connectivity index (χ1) is 14.1. The number of hydroxylamine groups is 2. The largest absolute Gasteiger partial charge is 0.625 e. The predicted molar refractivity (Wildman–Crippen MR) is 109 cm³/mol. The van der Waals surface area contributed by atoms with E-state index >= 15 is 0 Å². The molecule has 142 valence electrons. The van der Waals surface area contributed by atoms with Crippen LogP contribution in [-0.4, -0.2) is 18.0 Å². The van der Waals surface area contributed by atoms with Gasteiger partial charge < -0.3 is 5.21 Å². The molecule has 2 N–H and O–H groups in total. The SMILES string of the molecule is O=C1NC(=O)[NH+]([O-])C1C=CC1(c2ccccc2)c2ccccc2-c2ccccc21. The lowest BCUT2D eigenvalue weighted by Crippen LogP contribution is -3.11. The summed E-state index contributed by atoms with van der Waals surface area (Å²) in [4.78, 5) is 23.8. The molecule has 0 aromatic heterocycles. The minimum absolute atomic E-state index is 0.570. The highest BCUT2D eigenvalue weighted by molar-refractivity contribution is 5.99. The lowest BCUT2D eigenvalue weighted by molar-refractivity contribution is -0.762. The van der Waals surface area contributed by atoms with Crippen molar-refractivity contribution in [3.63, 3.8) is 0 Å². The first-order valence-corrected chi connectivity index (χ1v) is 9.46. The van der Waals surface area contributed by atoms with E-state index in [-0.39, 0.29) is 0 Å². The molecule has 2 atom stereocenters. The molecule has 3 aromatic rings. The van der Waals surface area contributed by atoms with Gasteiger partial charge >= 0.3 is 6.03 Å². The number of allylic oxidation sites excluding steroid dienone is 1. The first kappa shape index (κ1) is 17.6. The summed E-state index contributed by atoms with van der Waals surface area (Å²) < 4.78 is 0. The second-order valence-corrected chi connectivity index (χ2v) is 7.28. The molecule has 0 spiro atoms. The second-order valence-electron chi connectivity index (χ2n) is 7.28. The Morgan fingerprint density at radius 1 is 0.828 bits per heavy atom. The third kappa shape index (κ3) is 2.49. The van der Waals surface area contributed by atoms with Gasteiger partial charge in [0.1, 0.15) is 0 Å². The summed E-state index contributed by atoms with van der Waals surface area (Å²) in [6, 6.07) is 24.4. The van der Waals surface area contributed by atoms with Gasteiger partial charge in [0.25, 0.3) is 5.91 Å². The molecule has 1 fully saturated rings. The van der Waals surface area contributed by atoms with Gasteiger partial charge in [-0.05, 0) is 33.9 Å². The molecule has 5 rings (SSSR count). The summed E-state index contributed by atoms with van der Waals surface area (Å²) in [6.07, 6.45) is 3.49. The van der Waals surface area contributed by atoms with Gasteiger partial charge in [-0.25, -0.2) is 10.1 Å². The van der Waals surface area contributed by atoms with Crippen molar-refractivity contribution in [2.75, 3.05) is 0 Å². The van der Waals surface area contributed by atoms with Crippen LogP contribution in [0.3, 0.4) is 0 Å². The van der Waals surface area contributed by atoms with Crippen molar-refractivity contribution in [2.45, 2.75) is 11.5 Å². The Hall–Kier alpha value is -3.54. The van der Waals surface area contributed by atoms with E-state index in [0.717, 1.165) is 27.8 Å². The van der Waals surface area contributed by atoms with Gasteiger partial charge in [0.15, 0.2) is 6.04 Å². The zero-order valence-electron chi connectivity index (χ0n) is 15.5. The Balaban J connectivity index is 1.77. The third-order valence-corrected chi connectivity index (χ3v) is 5.79. The van der Waals surface area contributed by atoms with Gasteiger partial charge in [0.05, 0.1) is 5.41 Å². The molecular weight excluding hydrogens is 364 g/mol. The summed E-state index contributed by atoms with van der Waals surface area (Å²) in [5.74, 6) is -0.570. The van der Waals surface area contributed by atoms with E-state index in [1.165, 1.54) is 0 Å². The van der Waals surface area contributed by atoms with Crippen LogP contribution in [0.2, 0.25) is 0 Å². The maximum Gasteiger partial charge on any atom is 0.422 e. The minimum Gasteiger partial charge on any atom is -0.625 e. The van der Waals surface area contributed by atoms with Crippen LogP contribution in [0.15, 0.2) is 91.0 Å². The monoisotopic (exact) mass is 382 g/mol. The Morgan fingerprint density at radius 2 is 1.38 bits per heavy atom. The van der Waals surface area contributed by atoms with E-state index in [4.69, 9.17) is 0 Å². The van der Waals surface area contributed by atoms with E-state index < -0.39 is 28.5 Å². The van der Waals surface area contributed by atoms with E-state index in [9.17, 15) is 14.8 Å². The maximum absolute atomic E-state index is 12.2. The number of rotatable bonds is 3. The van der Waals surface area contributed by atoms with Gasteiger partial charge in [-0.1, -0.05) is 84.9 Å². The molecule has 2 unspecified atom stereocenters. The van der Waals surface area contributed by atoms with Crippen LogP contribution < -0.4 is 10.4 Å². The van der Waals surface area contributed by atoms with Crippen molar-refractivity contribution in [1.82, 2.24) is 5.32 Å². The van der Waals surface area contributed by atoms with Gasteiger partial charge in [-0.15, -0.1) is 0 Å². The first-order valence-electron chi connectivity index (χ1n) is 9.46. The fourth-order valence-corrected chi connectivity index (χ4v) is 4.48. The smallest absolute Gasteiger partial charge is 0.422 e. The van der Waals surface area contributed by atoms with Crippen LogP contribution in [0, 0.1) is 5.21 Å². The third-order valence-electron chi connectivity index (χ3n) is 5.79. The zero-order chi connectivity index (χ0) is 20.0. The quantitative estimate of drug-likeness (QED) is 0.415. The Morgan fingerprint density at radius 3 is 1.93 bits per heavy atom. The normalized spacial score (nSPS) is 21.8. The van der Waals surface area contributed by atoms with E-state index in [1.54, 1.807) is 6.08 Å². The van der Waals surface area contributed by atoms with Crippen molar-refractivity contribution in [3.8, 4) is 11.1 Å². The average Bonchev–Trinajstić information content (AvgIpc) is 3.19. The van der Waals surface area contributed by atoms with Crippen LogP contribution in [0.1, 0.15) is 16.7 Å². The fourth-order valence-electron chi connectivity index (χ4n) is 4.48. The van der Waals surface area contributed by atoms with Crippen molar-refractivity contribution < 1.29 is 14.7 Å². The van der Waals surface area contributed by atoms with Gasteiger partial charge in [-0.2, -0.15) is 0 Å². The molecule has 0 radical (unpaired) electrons. The van der Waals surface area contributed by atoms with Crippen LogP contribution in [-0.2, 0) is 10.2 Å². The average molecular weight is 382 g/mol. The molecule has 2 aliphatic rings. The number of amides is 3. The molecule has 3 amide bonds. The molecule has 1 aliphatic heterocycles. The highest BCUT2D eigenvalue weighted by Gasteiger charge is 2.44. The number of urea groups is 1. The minimum atomic E-state index is -1.09. The summed E-state index contributed by atoms with van der Waals surface area (Å²) in [6.45, 7) is 0. The molecule has 1 heterocycles. The zero-order valence-corrected chi connectivity index (χ0v) is 15.5. The maximum atomic E-state index is 12.2. The van der Waals surface area contributed by atoms with Crippen molar-refractivity contribution in [2.24, 2.45) is 0 Å². The molecule has 0 bridgehead atoms. The Bertz CT molecular complexity index is 1110. The highest BCUT2D eigenvalue weighted by Crippen LogP contribution is 2.53. The number of fused-ring (bicyclic) bond motifs is 3.